The van der Waals surface area contributed by atoms with Gasteiger partial charge in [0, 0.05) is 30.8 Å². The topological polar surface area (TPSA) is 68.3 Å². The number of likely N-dealkylation sites (N-methyl/N-ethyl adjacent to an activating group) is 1. The molecule has 0 aliphatic heterocycles. The van der Waals surface area contributed by atoms with Gasteiger partial charge in [0.1, 0.15) is 0 Å². The van der Waals surface area contributed by atoms with Crippen molar-refractivity contribution in [2.24, 2.45) is 11.8 Å². The largest absolute Gasteiger partial charge is 0.481 e. The number of rotatable bonds is 9. The molecule has 35 heavy (non-hydrogen) atoms. The maximum absolute atomic E-state index is 12.9. The predicted octanol–water partition coefficient (Wildman–Crippen LogP) is 5.58. The second kappa shape index (κ2) is 12.0. The van der Waals surface area contributed by atoms with E-state index in [0.717, 1.165) is 11.1 Å². The summed E-state index contributed by atoms with van der Waals surface area (Å²) < 4.78 is 44.0. The van der Waals surface area contributed by atoms with Gasteiger partial charge in [-0.3, -0.25) is 9.59 Å². The number of ketones is 1. The summed E-state index contributed by atoms with van der Waals surface area (Å²) in [5.74, 6) is -0.939. The predicted molar refractivity (Wildman–Crippen MR) is 128 cm³/mol. The van der Waals surface area contributed by atoms with Gasteiger partial charge in [-0.15, -0.1) is 0 Å². The molecule has 188 valence electrons. The molecule has 5 nitrogen and oxygen atoms in total. The Morgan fingerprint density at radius 3 is 2.51 bits per heavy atom. The zero-order chi connectivity index (χ0) is 25.4. The van der Waals surface area contributed by atoms with Crippen LogP contribution in [-0.2, 0) is 17.6 Å². The number of pyridine rings is 1. The Balaban J connectivity index is 1.63. The minimum absolute atomic E-state index is 0.0553. The zero-order valence-electron chi connectivity index (χ0n) is 20.0. The van der Waals surface area contributed by atoms with Gasteiger partial charge in [-0.2, -0.15) is 13.2 Å². The van der Waals surface area contributed by atoms with Crippen LogP contribution in [0.25, 0.3) is 6.08 Å². The summed E-state index contributed by atoms with van der Waals surface area (Å²) in [6.45, 7) is 0. The second-order valence-corrected chi connectivity index (χ2v) is 8.93. The van der Waals surface area contributed by atoms with Gasteiger partial charge in [-0.25, -0.2) is 4.98 Å². The number of carbonyl (C=O) groups is 2. The van der Waals surface area contributed by atoms with E-state index in [9.17, 15) is 22.8 Å². The van der Waals surface area contributed by atoms with Gasteiger partial charge in [0.05, 0.1) is 19.4 Å². The van der Waals surface area contributed by atoms with Crippen molar-refractivity contribution in [2.75, 3.05) is 14.2 Å². The van der Waals surface area contributed by atoms with Crippen molar-refractivity contribution in [1.82, 2.24) is 10.3 Å². The van der Waals surface area contributed by atoms with E-state index in [1.165, 1.54) is 13.3 Å². The monoisotopic (exact) mass is 488 g/mol. The maximum Gasteiger partial charge on any atom is 0.391 e. The minimum atomic E-state index is -4.12. The van der Waals surface area contributed by atoms with E-state index in [1.54, 1.807) is 19.2 Å². The molecule has 0 unspecified atom stereocenters. The highest BCUT2D eigenvalue weighted by Crippen LogP contribution is 2.40. The number of carbonyl (C=O) groups excluding carboxylic acids is 2. The number of amides is 1. The number of halogens is 3. The Hall–Kier alpha value is -3.16. The molecular formula is C27H31F3N2O3. The minimum Gasteiger partial charge on any atom is -0.481 e. The lowest BCUT2D eigenvalue weighted by molar-refractivity contribution is -0.183. The van der Waals surface area contributed by atoms with Gasteiger partial charge in [0.15, 0.2) is 5.78 Å². The van der Waals surface area contributed by atoms with Crippen LogP contribution in [0.3, 0.4) is 0 Å². The van der Waals surface area contributed by atoms with Crippen LogP contribution in [0.1, 0.15) is 59.2 Å². The smallest absolute Gasteiger partial charge is 0.391 e. The zero-order valence-corrected chi connectivity index (χ0v) is 20.0. The molecule has 1 heterocycles. The van der Waals surface area contributed by atoms with Crippen LogP contribution >= 0.6 is 0 Å². The normalized spacial score (nSPS) is 18.4. The van der Waals surface area contributed by atoms with Gasteiger partial charge in [-0.05, 0) is 55.2 Å². The van der Waals surface area contributed by atoms with Gasteiger partial charge >= 0.3 is 6.18 Å². The molecule has 0 saturated heterocycles. The molecule has 1 fully saturated rings. The molecule has 1 amide bonds. The lowest BCUT2D eigenvalue weighted by Crippen LogP contribution is -2.27. The molecule has 1 aliphatic carbocycles. The van der Waals surface area contributed by atoms with Crippen molar-refractivity contribution < 1.29 is 27.5 Å². The van der Waals surface area contributed by atoms with Crippen LogP contribution in [0.5, 0.6) is 5.88 Å². The summed E-state index contributed by atoms with van der Waals surface area (Å²) in [4.78, 5) is 28.7. The third-order valence-corrected chi connectivity index (χ3v) is 6.45. The summed E-state index contributed by atoms with van der Waals surface area (Å²) in [7, 11) is 3.08. The summed E-state index contributed by atoms with van der Waals surface area (Å²) in [6, 6.07) is 9.32. The standard InChI is InChI=1S/C27H31F3N2O3/c1-31-25(34)15-20-5-3-4-19(14-20)9-13-24(33)22-16-21(26(35-2)32-17-22)10-6-18-7-11-23(12-8-18)27(28,29)30/h3-6,10,14,16-18,23H,7-9,11-13,15H2,1-2H3,(H,31,34)/b10-6+. The van der Waals surface area contributed by atoms with Crippen LogP contribution in [0.4, 0.5) is 13.2 Å². The van der Waals surface area contributed by atoms with Crippen molar-refractivity contribution in [3.05, 3.63) is 64.9 Å². The van der Waals surface area contributed by atoms with Crippen LogP contribution in [0.15, 0.2) is 42.6 Å². The number of alkyl halides is 3. The van der Waals surface area contributed by atoms with Crippen molar-refractivity contribution in [3.63, 3.8) is 0 Å². The van der Waals surface area contributed by atoms with E-state index in [0.29, 0.717) is 36.3 Å². The van der Waals surface area contributed by atoms with Gasteiger partial charge in [0.2, 0.25) is 11.8 Å². The number of nitrogens with zero attached hydrogens (tertiary/aromatic N) is 1. The molecule has 8 heteroatoms. The van der Waals surface area contributed by atoms with Crippen LogP contribution in [0, 0.1) is 11.8 Å². The Bertz CT molecular complexity index is 1060. The number of aryl methyl sites for hydroxylation is 1. The second-order valence-electron chi connectivity index (χ2n) is 8.93. The average Bonchev–Trinajstić information content (AvgIpc) is 2.85. The van der Waals surface area contributed by atoms with Gasteiger partial charge in [0.25, 0.3) is 0 Å². The third-order valence-electron chi connectivity index (χ3n) is 6.45. The van der Waals surface area contributed by atoms with E-state index >= 15 is 0 Å². The van der Waals surface area contributed by atoms with Crippen molar-refractivity contribution in [1.29, 1.82) is 0 Å². The number of hydrogen-bond donors (Lipinski definition) is 1. The van der Waals surface area contributed by atoms with Crippen molar-refractivity contribution >= 4 is 17.8 Å². The summed E-state index contributed by atoms with van der Waals surface area (Å²) in [6.07, 6.45) is 3.38. The van der Waals surface area contributed by atoms with E-state index in [1.807, 2.05) is 30.3 Å². The molecule has 0 spiro atoms. The fourth-order valence-corrected chi connectivity index (χ4v) is 4.36. The van der Waals surface area contributed by atoms with Crippen LogP contribution in [0.2, 0.25) is 0 Å². The summed E-state index contributed by atoms with van der Waals surface area (Å²) in [5.41, 5.74) is 2.93. The Morgan fingerprint density at radius 2 is 1.86 bits per heavy atom. The first-order valence-corrected chi connectivity index (χ1v) is 11.8. The summed E-state index contributed by atoms with van der Waals surface area (Å²) >= 11 is 0. The molecule has 3 rings (SSSR count). The maximum atomic E-state index is 12.9. The Morgan fingerprint density at radius 1 is 1.14 bits per heavy atom. The average molecular weight is 489 g/mol. The number of hydrogen-bond acceptors (Lipinski definition) is 4. The first-order valence-electron chi connectivity index (χ1n) is 11.8. The molecule has 0 bridgehead atoms. The number of nitrogens with one attached hydrogen (secondary N) is 1. The molecule has 0 atom stereocenters. The highest BCUT2D eigenvalue weighted by atomic mass is 19.4. The van der Waals surface area contributed by atoms with Crippen LogP contribution in [-0.4, -0.2) is 37.0 Å². The van der Waals surface area contributed by atoms with E-state index < -0.39 is 12.1 Å². The summed E-state index contributed by atoms with van der Waals surface area (Å²) in [5, 5.41) is 2.60. The number of Topliss-reactive ketones (excluding diaryl/α,β-unsaturated/α-hetero) is 1. The van der Waals surface area contributed by atoms with Crippen molar-refractivity contribution in [2.45, 2.75) is 51.1 Å². The Labute approximate surface area is 203 Å². The number of aromatic nitrogens is 1. The van der Waals surface area contributed by atoms with Crippen molar-refractivity contribution in [3.8, 4) is 5.88 Å². The SMILES string of the molecule is CNC(=O)Cc1cccc(CCC(=O)c2cnc(OC)c(/C=C/C3CCC(C(F)(F)F)CC3)c2)c1. The molecule has 1 saturated carbocycles. The molecule has 1 aliphatic rings. The van der Waals surface area contributed by atoms with E-state index in [-0.39, 0.29) is 43.3 Å². The first kappa shape index (κ1) is 26.4. The number of benzene rings is 1. The highest BCUT2D eigenvalue weighted by molar-refractivity contribution is 5.96. The van der Waals surface area contributed by atoms with Gasteiger partial charge < -0.3 is 10.1 Å². The molecular weight excluding hydrogens is 457 g/mol. The van der Waals surface area contributed by atoms with E-state index in [2.05, 4.69) is 10.3 Å². The number of allylic oxidation sites excluding steroid dienone is 1. The fraction of sp³-hybridized carbons (Fsp3) is 0.444. The van der Waals surface area contributed by atoms with Gasteiger partial charge in [-0.1, -0.05) is 36.4 Å². The highest BCUT2D eigenvalue weighted by Gasteiger charge is 2.40. The third kappa shape index (κ3) is 7.67. The number of ether oxygens (including phenoxy) is 1. The molecule has 2 aromatic rings. The molecule has 1 aromatic heterocycles. The lowest BCUT2D eigenvalue weighted by Gasteiger charge is -2.28. The first-order chi connectivity index (χ1) is 16.7. The fourth-order valence-electron chi connectivity index (χ4n) is 4.36. The number of methoxy groups -OCH3 is 1. The molecule has 1 N–H and O–H groups in total. The quantitative estimate of drug-likeness (QED) is 0.468. The molecule has 1 aromatic carbocycles. The molecule has 0 radical (unpaired) electrons. The van der Waals surface area contributed by atoms with Crippen LogP contribution < -0.4 is 10.1 Å². The van der Waals surface area contributed by atoms with E-state index in [4.69, 9.17) is 4.74 Å². The lowest BCUT2D eigenvalue weighted by atomic mass is 9.81. The Kier molecular flexibility index (Phi) is 9.07.